The number of carbonyl (C=O) groups is 1. The molecule has 0 saturated heterocycles. The topological polar surface area (TPSA) is 29.1 Å². The zero-order valence-electron chi connectivity index (χ0n) is 13.5. The van der Waals surface area contributed by atoms with Gasteiger partial charge in [-0.2, -0.15) is 0 Å². The van der Waals surface area contributed by atoms with Gasteiger partial charge in [0.05, 0.1) is 6.42 Å². The van der Waals surface area contributed by atoms with Crippen LogP contribution in [0.1, 0.15) is 37.5 Å². The highest BCUT2D eigenvalue weighted by atomic mass is 19.1. The summed E-state index contributed by atoms with van der Waals surface area (Å²) < 4.78 is 14.3. The van der Waals surface area contributed by atoms with Crippen LogP contribution in [0, 0.1) is 12.7 Å². The van der Waals surface area contributed by atoms with Crippen LogP contribution in [0.5, 0.6) is 0 Å². The highest BCUT2D eigenvalue weighted by molar-refractivity contribution is 5.92. The molecule has 2 rings (SSSR count). The molecule has 2 nitrogen and oxygen atoms in total. The second kappa shape index (κ2) is 6.30. The second-order valence-electron chi connectivity index (χ2n) is 6.61. The summed E-state index contributed by atoms with van der Waals surface area (Å²) in [6.45, 7) is 7.81. The van der Waals surface area contributed by atoms with Crippen LogP contribution in [0.3, 0.4) is 0 Å². The maximum atomic E-state index is 14.3. The Kier molecular flexibility index (Phi) is 4.65. The maximum absolute atomic E-state index is 14.3. The molecular formula is C19H22FNO. The lowest BCUT2D eigenvalue weighted by Gasteiger charge is -2.23. The summed E-state index contributed by atoms with van der Waals surface area (Å²) in [5.74, 6) is -0.420. The van der Waals surface area contributed by atoms with E-state index < -0.39 is 0 Å². The maximum Gasteiger partial charge on any atom is 0.228 e. The van der Waals surface area contributed by atoms with Crippen molar-refractivity contribution in [1.29, 1.82) is 0 Å². The van der Waals surface area contributed by atoms with Crippen molar-refractivity contribution in [2.24, 2.45) is 0 Å². The molecule has 0 aliphatic rings. The van der Waals surface area contributed by atoms with Gasteiger partial charge in [0.1, 0.15) is 5.82 Å². The van der Waals surface area contributed by atoms with Gasteiger partial charge >= 0.3 is 0 Å². The van der Waals surface area contributed by atoms with Crippen molar-refractivity contribution in [2.45, 2.75) is 39.5 Å². The molecule has 0 heterocycles. The van der Waals surface area contributed by atoms with E-state index in [4.69, 9.17) is 0 Å². The number of halogens is 1. The van der Waals surface area contributed by atoms with Crippen molar-refractivity contribution in [3.63, 3.8) is 0 Å². The van der Waals surface area contributed by atoms with Gasteiger partial charge in [0.2, 0.25) is 5.91 Å². The van der Waals surface area contributed by atoms with Gasteiger partial charge in [-0.25, -0.2) is 4.39 Å². The standard InChI is InChI=1S/C19H22FNO/c1-13-10-15(12-16(20)18(13)19(2,3)4)21-17(22)11-14-8-6-5-7-9-14/h5-10,12H,11H2,1-4H3,(H,21,22). The Morgan fingerprint density at radius 3 is 2.32 bits per heavy atom. The highest BCUT2D eigenvalue weighted by Gasteiger charge is 2.21. The van der Waals surface area contributed by atoms with E-state index in [0.29, 0.717) is 11.3 Å². The summed E-state index contributed by atoms with van der Waals surface area (Å²) in [7, 11) is 0. The fraction of sp³-hybridized carbons (Fsp3) is 0.316. The van der Waals surface area contributed by atoms with Crippen LogP contribution in [0.4, 0.5) is 10.1 Å². The second-order valence-corrected chi connectivity index (χ2v) is 6.61. The summed E-state index contributed by atoms with van der Waals surface area (Å²) in [6, 6.07) is 12.7. The van der Waals surface area contributed by atoms with E-state index in [1.54, 1.807) is 0 Å². The lowest BCUT2D eigenvalue weighted by atomic mass is 9.83. The molecule has 0 aromatic heterocycles. The van der Waals surface area contributed by atoms with E-state index >= 15 is 0 Å². The van der Waals surface area contributed by atoms with Gasteiger partial charge in [0, 0.05) is 5.69 Å². The molecule has 22 heavy (non-hydrogen) atoms. The largest absolute Gasteiger partial charge is 0.326 e. The number of aryl methyl sites for hydroxylation is 1. The lowest BCUT2D eigenvalue weighted by Crippen LogP contribution is -2.18. The van der Waals surface area contributed by atoms with Crippen molar-refractivity contribution in [3.8, 4) is 0 Å². The molecule has 2 aromatic carbocycles. The van der Waals surface area contributed by atoms with Crippen LogP contribution < -0.4 is 5.32 Å². The van der Waals surface area contributed by atoms with Gasteiger partial charge in [-0.1, -0.05) is 51.1 Å². The molecule has 0 saturated carbocycles. The number of hydrogen-bond donors (Lipinski definition) is 1. The number of nitrogens with one attached hydrogen (secondary N) is 1. The zero-order chi connectivity index (χ0) is 16.3. The van der Waals surface area contributed by atoms with Crippen LogP contribution >= 0.6 is 0 Å². The quantitative estimate of drug-likeness (QED) is 0.881. The minimum atomic E-state index is -0.275. The molecule has 1 N–H and O–H groups in total. The molecule has 3 heteroatoms. The average molecular weight is 299 g/mol. The molecule has 116 valence electrons. The Balaban J connectivity index is 2.16. The monoisotopic (exact) mass is 299 g/mol. The Bertz CT molecular complexity index is 649. The van der Waals surface area contributed by atoms with Gasteiger partial charge in [-0.15, -0.1) is 0 Å². The summed E-state index contributed by atoms with van der Waals surface area (Å²) in [4.78, 5) is 12.1. The third-order valence-electron chi connectivity index (χ3n) is 3.53. The van der Waals surface area contributed by atoms with Gasteiger partial charge in [-0.05, 0) is 41.2 Å². The van der Waals surface area contributed by atoms with Crippen molar-refractivity contribution in [3.05, 3.63) is 65.0 Å². The molecule has 0 aliphatic carbocycles. The smallest absolute Gasteiger partial charge is 0.228 e. The number of amides is 1. The predicted molar refractivity (Wildman–Crippen MR) is 88.6 cm³/mol. The number of carbonyl (C=O) groups excluding carboxylic acids is 1. The van der Waals surface area contributed by atoms with Crippen molar-refractivity contribution in [2.75, 3.05) is 5.32 Å². The molecule has 0 bridgehead atoms. The van der Waals surface area contributed by atoms with Crippen molar-refractivity contribution < 1.29 is 9.18 Å². The summed E-state index contributed by atoms with van der Waals surface area (Å²) >= 11 is 0. The first kappa shape index (κ1) is 16.2. The summed E-state index contributed by atoms with van der Waals surface area (Å²) in [5, 5.41) is 2.77. The minimum Gasteiger partial charge on any atom is -0.326 e. The van der Waals surface area contributed by atoms with Gasteiger partial charge in [-0.3, -0.25) is 4.79 Å². The van der Waals surface area contributed by atoms with Gasteiger partial charge in [0.15, 0.2) is 0 Å². The molecule has 0 unspecified atom stereocenters. The van der Waals surface area contributed by atoms with E-state index in [1.165, 1.54) is 6.07 Å². The zero-order valence-corrected chi connectivity index (χ0v) is 13.5. The number of anilines is 1. The van der Waals surface area contributed by atoms with Crippen LogP contribution in [-0.2, 0) is 16.6 Å². The normalized spacial score (nSPS) is 11.3. The molecule has 0 fully saturated rings. The van der Waals surface area contributed by atoms with Crippen LogP contribution in [0.25, 0.3) is 0 Å². The van der Waals surface area contributed by atoms with Gasteiger partial charge < -0.3 is 5.32 Å². The Morgan fingerprint density at radius 2 is 1.77 bits per heavy atom. The molecule has 0 radical (unpaired) electrons. The van der Waals surface area contributed by atoms with Crippen LogP contribution in [0.15, 0.2) is 42.5 Å². The molecule has 1 amide bonds. The molecule has 0 aliphatic heterocycles. The predicted octanol–water partition coefficient (Wildman–Crippen LogP) is 4.61. The van der Waals surface area contributed by atoms with Crippen molar-refractivity contribution in [1.82, 2.24) is 0 Å². The molecule has 2 aromatic rings. The first-order valence-corrected chi connectivity index (χ1v) is 7.42. The highest BCUT2D eigenvalue weighted by Crippen LogP contribution is 2.30. The fourth-order valence-electron chi connectivity index (χ4n) is 2.75. The first-order chi connectivity index (χ1) is 10.3. The summed E-state index contributed by atoms with van der Waals surface area (Å²) in [6.07, 6.45) is 0.280. The number of benzene rings is 2. The average Bonchev–Trinajstić information content (AvgIpc) is 2.36. The van der Waals surface area contributed by atoms with E-state index in [2.05, 4.69) is 5.32 Å². The molecule has 0 spiro atoms. The third-order valence-corrected chi connectivity index (χ3v) is 3.53. The molecular weight excluding hydrogens is 277 g/mol. The van der Waals surface area contributed by atoms with Crippen LogP contribution in [0.2, 0.25) is 0 Å². The first-order valence-electron chi connectivity index (χ1n) is 7.42. The van der Waals surface area contributed by atoms with E-state index in [1.807, 2.05) is 64.1 Å². The SMILES string of the molecule is Cc1cc(NC(=O)Cc2ccccc2)cc(F)c1C(C)(C)C. The van der Waals surface area contributed by atoms with E-state index in [-0.39, 0.29) is 23.6 Å². The Hall–Kier alpha value is -2.16. The fourth-order valence-corrected chi connectivity index (χ4v) is 2.75. The lowest BCUT2D eigenvalue weighted by molar-refractivity contribution is -0.115. The minimum absolute atomic E-state index is 0.145. The summed E-state index contributed by atoms with van der Waals surface area (Å²) in [5.41, 5.74) is 2.71. The Labute approximate surface area is 131 Å². The third kappa shape index (κ3) is 3.94. The number of hydrogen-bond acceptors (Lipinski definition) is 1. The molecule has 0 atom stereocenters. The van der Waals surface area contributed by atoms with E-state index in [0.717, 1.165) is 11.1 Å². The van der Waals surface area contributed by atoms with Crippen LogP contribution in [-0.4, -0.2) is 5.91 Å². The van der Waals surface area contributed by atoms with Crippen molar-refractivity contribution >= 4 is 11.6 Å². The van der Waals surface area contributed by atoms with E-state index in [9.17, 15) is 9.18 Å². The van der Waals surface area contributed by atoms with Gasteiger partial charge in [0.25, 0.3) is 0 Å². The number of rotatable bonds is 3. The Morgan fingerprint density at radius 1 is 1.14 bits per heavy atom.